The highest BCUT2D eigenvalue weighted by atomic mass is 16.3. The van der Waals surface area contributed by atoms with Crippen LogP contribution in [0.2, 0.25) is 0 Å². The second-order valence-corrected chi connectivity index (χ2v) is 4.16. The highest BCUT2D eigenvalue weighted by molar-refractivity contribution is 5.44. The fourth-order valence-electron chi connectivity index (χ4n) is 1.91. The van der Waals surface area contributed by atoms with Crippen molar-refractivity contribution in [3.63, 3.8) is 0 Å². The number of aliphatic hydroxyl groups is 1. The van der Waals surface area contributed by atoms with E-state index in [-0.39, 0.29) is 6.61 Å². The molecule has 1 saturated heterocycles. The molecule has 0 spiro atoms. The monoisotopic (exact) mass is 252 g/mol. The number of hydrogen-bond acceptors (Lipinski definition) is 7. The van der Waals surface area contributed by atoms with Crippen LogP contribution in [0.15, 0.2) is 0 Å². The SMILES string of the molecule is CCNc1nc(NCCO)nc(N2CCCC2)n1. The highest BCUT2D eigenvalue weighted by Gasteiger charge is 2.17. The molecule has 1 aromatic rings. The lowest BCUT2D eigenvalue weighted by atomic mass is 10.4. The first-order valence-electron chi connectivity index (χ1n) is 6.43. The molecule has 0 saturated carbocycles. The molecule has 18 heavy (non-hydrogen) atoms. The summed E-state index contributed by atoms with van der Waals surface area (Å²) in [6.45, 7) is 5.25. The number of nitrogens with one attached hydrogen (secondary N) is 2. The molecule has 0 bridgehead atoms. The smallest absolute Gasteiger partial charge is 0.231 e. The Morgan fingerprint density at radius 3 is 2.39 bits per heavy atom. The zero-order valence-corrected chi connectivity index (χ0v) is 10.7. The predicted octanol–water partition coefficient (Wildman–Crippen LogP) is 0.308. The molecule has 1 aromatic heterocycles. The summed E-state index contributed by atoms with van der Waals surface area (Å²) in [4.78, 5) is 15.2. The third-order valence-corrected chi connectivity index (χ3v) is 2.74. The van der Waals surface area contributed by atoms with E-state index in [9.17, 15) is 0 Å². The third-order valence-electron chi connectivity index (χ3n) is 2.74. The molecule has 0 aromatic carbocycles. The van der Waals surface area contributed by atoms with Crippen molar-refractivity contribution in [3.05, 3.63) is 0 Å². The van der Waals surface area contributed by atoms with Crippen molar-refractivity contribution in [2.75, 3.05) is 48.3 Å². The zero-order valence-electron chi connectivity index (χ0n) is 10.7. The minimum atomic E-state index is 0.0568. The van der Waals surface area contributed by atoms with Gasteiger partial charge in [-0.25, -0.2) is 0 Å². The van der Waals surface area contributed by atoms with Crippen LogP contribution in [0.4, 0.5) is 17.8 Å². The lowest BCUT2D eigenvalue weighted by Gasteiger charge is -2.16. The Morgan fingerprint density at radius 2 is 1.78 bits per heavy atom. The van der Waals surface area contributed by atoms with Crippen molar-refractivity contribution >= 4 is 17.8 Å². The summed E-state index contributed by atoms with van der Waals surface area (Å²) < 4.78 is 0. The van der Waals surface area contributed by atoms with Gasteiger partial charge in [-0.1, -0.05) is 0 Å². The maximum atomic E-state index is 8.82. The van der Waals surface area contributed by atoms with E-state index in [1.54, 1.807) is 0 Å². The van der Waals surface area contributed by atoms with Gasteiger partial charge in [-0.05, 0) is 19.8 Å². The molecule has 2 heterocycles. The molecule has 0 aliphatic carbocycles. The molecule has 3 N–H and O–H groups in total. The molecular weight excluding hydrogens is 232 g/mol. The number of aliphatic hydroxyl groups excluding tert-OH is 1. The van der Waals surface area contributed by atoms with Crippen molar-refractivity contribution in [2.24, 2.45) is 0 Å². The van der Waals surface area contributed by atoms with E-state index in [1.807, 2.05) is 6.92 Å². The first-order chi connectivity index (χ1) is 8.83. The maximum absolute atomic E-state index is 8.82. The van der Waals surface area contributed by atoms with Crippen molar-refractivity contribution in [1.82, 2.24) is 15.0 Å². The topological polar surface area (TPSA) is 86.2 Å². The first kappa shape index (κ1) is 12.8. The minimum Gasteiger partial charge on any atom is -0.395 e. The van der Waals surface area contributed by atoms with Crippen LogP contribution in [0.5, 0.6) is 0 Å². The average molecular weight is 252 g/mol. The Bertz CT molecular complexity index is 380. The van der Waals surface area contributed by atoms with Crippen LogP contribution in [0.1, 0.15) is 19.8 Å². The summed E-state index contributed by atoms with van der Waals surface area (Å²) in [6, 6.07) is 0. The van der Waals surface area contributed by atoms with E-state index in [2.05, 4.69) is 30.5 Å². The summed E-state index contributed by atoms with van der Waals surface area (Å²) in [5, 5.41) is 14.9. The Hall–Kier alpha value is -1.63. The Balaban J connectivity index is 2.17. The Morgan fingerprint density at radius 1 is 1.11 bits per heavy atom. The fourth-order valence-corrected chi connectivity index (χ4v) is 1.91. The van der Waals surface area contributed by atoms with Crippen LogP contribution in [-0.2, 0) is 0 Å². The van der Waals surface area contributed by atoms with Gasteiger partial charge in [0.2, 0.25) is 17.8 Å². The highest BCUT2D eigenvalue weighted by Crippen LogP contribution is 2.18. The lowest BCUT2D eigenvalue weighted by molar-refractivity contribution is 0.311. The lowest BCUT2D eigenvalue weighted by Crippen LogP contribution is -2.22. The normalized spacial score (nSPS) is 14.9. The summed E-state index contributed by atoms with van der Waals surface area (Å²) in [5.74, 6) is 1.80. The third kappa shape index (κ3) is 3.19. The maximum Gasteiger partial charge on any atom is 0.231 e. The van der Waals surface area contributed by atoms with Crippen LogP contribution >= 0.6 is 0 Å². The van der Waals surface area contributed by atoms with Crippen LogP contribution < -0.4 is 15.5 Å². The number of nitrogens with zero attached hydrogens (tertiary/aromatic N) is 4. The zero-order chi connectivity index (χ0) is 12.8. The Labute approximate surface area is 107 Å². The standard InChI is InChI=1S/C11H20N6O/c1-2-12-9-14-10(13-5-8-18)16-11(15-9)17-6-3-4-7-17/h18H,2-8H2,1H3,(H2,12,13,14,15,16). The van der Waals surface area contributed by atoms with Crippen molar-refractivity contribution < 1.29 is 5.11 Å². The number of aromatic nitrogens is 3. The first-order valence-corrected chi connectivity index (χ1v) is 6.43. The molecule has 100 valence electrons. The van der Waals surface area contributed by atoms with E-state index in [0.717, 1.165) is 19.6 Å². The molecule has 1 fully saturated rings. The van der Waals surface area contributed by atoms with E-state index < -0.39 is 0 Å². The fraction of sp³-hybridized carbons (Fsp3) is 0.727. The summed E-state index contributed by atoms with van der Waals surface area (Å²) in [5.41, 5.74) is 0. The van der Waals surface area contributed by atoms with Gasteiger partial charge in [0.15, 0.2) is 0 Å². The minimum absolute atomic E-state index is 0.0568. The van der Waals surface area contributed by atoms with Gasteiger partial charge in [0.05, 0.1) is 6.61 Å². The molecular formula is C11H20N6O. The van der Waals surface area contributed by atoms with Gasteiger partial charge >= 0.3 is 0 Å². The van der Waals surface area contributed by atoms with E-state index in [4.69, 9.17) is 5.11 Å². The molecule has 0 amide bonds. The molecule has 2 rings (SSSR count). The second-order valence-electron chi connectivity index (χ2n) is 4.16. The van der Waals surface area contributed by atoms with E-state index in [1.165, 1.54) is 12.8 Å². The van der Waals surface area contributed by atoms with Gasteiger partial charge in [0.25, 0.3) is 0 Å². The molecule has 1 aliphatic rings. The van der Waals surface area contributed by atoms with E-state index in [0.29, 0.717) is 24.4 Å². The molecule has 7 nitrogen and oxygen atoms in total. The van der Waals surface area contributed by atoms with Crippen molar-refractivity contribution in [2.45, 2.75) is 19.8 Å². The van der Waals surface area contributed by atoms with Gasteiger partial charge in [0, 0.05) is 26.2 Å². The van der Waals surface area contributed by atoms with Crippen molar-refractivity contribution in [3.8, 4) is 0 Å². The van der Waals surface area contributed by atoms with Crippen LogP contribution in [0.25, 0.3) is 0 Å². The van der Waals surface area contributed by atoms with Gasteiger partial charge in [-0.2, -0.15) is 15.0 Å². The molecule has 7 heteroatoms. The number of anilines is 3. The molecule has 0 radical (unpaired) electrons. The van der Waals surface area contributed by atoms with Gasteiger partial charge in [-0.15, -0.1) is 0 Å². The molecule has 0 unspecified atom stereocenters. The van der Waals surface area contributed by atoms with Crippen LogP contribution in [-0.4, -0.2) is 52.8 Å². The molecule has 1 aliphatic heterocycles. The average Bonchev–Trinajstić information content (AvgIpc) is 2.90. The van der Waals surface area contributed by atoms with Gasteiger partial charge < -0.3 is 20.6 Å². The summed E-state index contributed by atoms with van der Waals surface area (Å²) in [6.07, 6.45) is 2.36. The number of hydrogen-bond donors (Lipinski definition) is 3. The quantitative estimate of drug-likeness (QED) is 0.671. The summed E-state index contributed by atoms with van der Waals surface area (Å²) in [7, 11) is 0. The largest absolute Gasteiger partial charge is 0.395 e. The van der Waals surface area contributed by atoms with Crippen LogP contribution in [0, 0.1) is 0 Å². The molecule has 0 atom stereocenters. The van der Waals surface area contributed by atoms with Crippen LogP contribution in [0.3, 0.4) is 0 Å². The predicted molar refractivity (Wildman–Crippen MR) is 71.0 cm³/mol. The second kappa shape index (κ2) is 6.34. The van der Waals surface area contributed by atoms with Gasteiger partial charge in [0.1, 0.15) is 0 Å². The number of rotatable bonds is 6. The van der Waals surface area contributed by atoms with Gasteiger partial charge in [-0.3, -0.25) is 0 Å². The van der Waals surface area contributed by atoms with Crippen molar-refractivity contribution in [1.29, 1.82) is 0 Å². The van der Waals surface area contributed by atoms with E-state index >= 15 is 0 Å². The summed E-state index contributed by atoms with van der Waals surface area (Å²) >= 11 is 0. The Kier molecular flexibility index (Phi) is 4.52.